The van der Waals surface area contributed by atoms with Crippen molar-refractivity contribution in [1.29, 1.82) is 5.26 Å². The molecule has 3 atom stereocenters. The fourth-order valence-corrected chi connectivity index (χ4v) is 9.02. The molecule has 2 heterocycles. The zero-order valence-corrected chi connectivity index (χ0v) is 25.1. The van der Waals surface area contributed by atoms with Gasteiger partial charge in [0.2, 0.25) is 5.91 Å². The lowest BCUT2D eigenvalue weighted by molar-refractivity contribution is -0.115. The van der Waals surface area contributed by atoms with E-state index < -0.39 is 0 Å². The molecule has 1 aromatic heterocycles. The summed E-state index contributed by atoms with van der Waals surface area (Å²) in [4.78, 5) is 32.0. The first kappa shape index (κ1) is 27.7. The van der Waals surface area contributed by atoms with Gasteiger partial charge >= 0.3 is 6.03 Å². The molecule has 0 saturated carbocycles. The van der Waals surface area contributed by atoms with Crippen LogP contribution in [0.25, 0.3) is 0 Å². The highest BCUT2D eigenvalue weighted by molar-refractivity contribution is 8.00. The molecule has 3 aromatic rings. The average Bonchev–Trinajstić information content (AvgIpc) is 3.35. The Balaban J connectivity index is 1.16. The van der Waals surface area contributed by atoms with E-state index in [-0.39, 0.29) is 28.5 Å². The molecule has 3 aliphatic rings. The quantitative estimate of drug-likeness (QED) is 0.281. The molecule has 9 heteroatoms. The van der Waals surface area contributed by atoms with Crippen molar-refractivity contribution in [1.82, 2.24) is 0 Å². The van der Waals surface area contributed by atoms with Crippen LogP contribution in [0.3, 0.4) is 0 Å². The third-order valence-corrected chi connectivity index (χ3v) is 11.4. The number of hydrogen-bond donors (Lipinski definition) is 2. The normalized spacial score (nSPS) is 19.4. The van der Waals surface area contributed by atoms with Crippen molar-refractivity contribution in [3.05, 3.63) is 88.8 Å². The second-order valence-electron chi connectivity index (χ2n) is 10.2. The summed E-state index contributed by atoms with van der Waals surface area (Å²) in [6.07, 6.45) is 13.0. The summed E-state index contributed by atoms with van der Waals surface area (Å²) in [7, 11) is 0. The van der Waals surface area contributed by atoms with Gasteiger partial charge in [0.05, 0.1) is 27.8 Å². The monoisotopic (exact) mass is 598 g/mol. The number of nitriles is 1. The van der Waals surface area contributed by atoms with Crippen LogP contribution in [-0.4, -0.2) is 28.5 Å². The van der Waals surface area contributed by atoms with Gasteiger partial charge in [-0.15, -0.1) is 34.9 Å². The van der Waals surface area contributed by atoms with E-state index in [0.29, 0.717) is 22.7 Å². The SMILES string of the molecule is CCC(Sc1cccc(NC(=O)N2c3ccccc3SC3C=CC=CC32)c1)C(=O)Nc1sc2c(c1C#N)CCCC2. The maximum Gasteiger partial charge on any atom is 0.326 e. The number of hydrogen-bond acceptors (Lipinski definition) is 6. The lowest BCUT2D eigenvalue weighted by atomic mass is 9.96. The highest BCUT2D eigenvalue weighted by atomic mass is 32.2. The Labute approximate surface area is 252 Å². The molecule has 1 aliphatic heterocycles. The number of thioether (sulfide) groups is 2. The van der Waals surface area contributed by atoms with E-state index in [2.05, 4.69) is 34.9 Å². The Kier molecular flexibility index (Phi) is 8.24. The molecule has 0 spiro atoms. The van der Waals surface area contributed by atoms with Crippen LogP contribution in [-0.2, 0) is 17.6 Å². The fourth-order valence-electron chi connectivity index (χ4n) is 5.51. The van der Waals surface area contributed by atoms with Crippen LogP contribution in [0.4, 0.5) is 21.2 Å². The number of para-hydroxylation sites is 1. The van der Waals surface area contributed by atoms with E-state index in [4.69, 9.17) is 0 Å². The molecule has 6 nitrogen and oxygen atoms in total. The van der Waals surface area contributed by atoms with Gasteiger partial charge in [0.1, 0.15) is 11.1 Å². The molecular formula is C32H30N4O2S3. The van der Waals surface area contributed by atoms with Crippen molar-refractivity contribution < 1.29 is 9.59 Å². The van der Waals surface area contributed by atoms with E-state index in [1.807, 2.05) is 66.4 Å². The second-order valence-corrected chi connectivity index (χ2v) is 13.8. The number of rotatable bonds is 6. The van der Waals surface area contributed by atoms with E-state index in [1.54, 1.807) is 23.1 Å². The van der Waals surface area contributed by atoms with Crippen molar-refractivity contribution in [3.63, 3.8) is 0 Å². The first-order valence-corrected chi connectivity index (χ1v) is 16.5. The van der Waals surface area contributed by atoms with Gasteiger partial charge in [0.25, 0.3) is 0 Å². The van der Waals surface area contributed by atoms with Gasteiger partial charge in [0, 0.05) is 20.4 Å². The van der Waals surface area contributed by atoms with Gasteiger partial charge in [0.15, 0.2) is 0 Å². The number of carbonyl (C=O) groups excluding carboxylic acids is 2. The minimum absolute atomic E-state index is 0.0770. The maximum absolute atomic E-state index is 13.7. The highest BCUT2D eigenvalue weighted by Gasteiger charge is 2.36. The minimum Gasteiger partial charge on any atom is -0.316 e. The van der Waals surface area contributed by atoms with Gasteiger partial charge in [-0.2, -0.15) is 5.26 Å². The lowest BCUT2D eigenvalue weighted by Crippen LogP contribution is -2.49. The molecule has 2 N–H and O–H groups in total. The standard InChI is InChI=1S/C32H30N4O2S3/c1-2-26(30(37)35-31-23(19-33)22-12-3-6-15-27(22)41-31)39-21-11-9-10-20(18-21)34-32(38)36-24-13-4-7-16-28(24)40-29-17-8-5-14-25(29)36/h4-5,7-11,13-14,16-18,24,26,28H,2-3,6,12,15H2,1H3,(H,34,38)(H,35,37). The smallest absolute Gasteiger partial charge is 0.316 e. The molecule has 3 amide bonds. The predicted molar refractivity (Wildman–Crippen MR) is 170 cm³/mol. The first-order valence-electron chi connectivity index (χ1n) is 13.9. The van der Waals surface area contributed by atoms with Gasteiger partial charge in [-0.25, -0.2) is 4.79 Å². The van der Waals surface area contributed by atoms with E-state index in [9.17, 15) is 14.9 Å². The van der Waals surface area contributed by atoms with E-state index in [0.717, 1.165) is 46.7 Å². The second kappa shape index (κ2) is 12.2. The van der Waals surface area contributed by atoms with Crippen LogP contribution >= 0.6 is 34.9 Å². The van der Waals surface area contributed by atoms with Crippen LogP contribution in [0.15, 0.2) is 82.6 Å². The van der Waals surface area contributed by atoms with Crippen molar-refractivity contribution in [3.8, 4) is 6.07 Å². The Bertz CT molecular complexity index is 1590. The summed E-state index contributed by atoms with van der Waals surface area (Å²) in [5, 5.41) is 16.4. The third-order valence-electron chi connectivity index (χ3n) is 7.51. The number of aryl methyl sites for hydroxylation is 1. The molecular weight excluding hydrogens is 569 g/mol. The highest BCUT2D eigenvalue weighted by Crippen LogP contribution is 2.44. The summed E-state index contributed by atoms with van der Waals surface area (Å²) >= 11 is 4.79. The summed E-state index contributed by atoms with van der Waals surface area (Å²) in [6, 6.07) is 17.7. The summed E-state index contributed by atoms with van der Waals surface area (Å²) in [5.41, 5.74) is 3.32. The summed E-state index contributed by atoms with van der Waals surface area (Å²) in [6.45, 7) is 1.99. The number of nitrogens with one attached hydrogen (secondary N) is 2. The number of anilines is 3. The molecule has 6 rings (SSSR count). The van der Waals surface area contributed by atoms with Crippen LogP contribution in [0, 0.1) is 11.3 Å². The maximum atomic E-state index is 13.7. The third kappa shape index (κ3) is 5.69. The van der Waals surface area contributed by atoms with E-state index >= 15 is 0 Å². The van der Waals surface area contributed by atoms with Crippen LogP contribution in [0.1, 0.15) is 42.2 Å². The molecule has 208 valence electrons. The fraction of sp³-hybridized carbons (Fsp3) is 0.281. The first-order chi connectivity index (χ1) is 20.1. The number of allylic oxidation sites excluding steroid dienone is 2. The Morgan fingerprint density at radius 3 is 2.78 bits per heavy atom. The summed E-state index contributed by atoms with van der Waals surface area (Å²) in [5.74, 6) is -0.104. The molecule has 0 radical (unpaired) electrons. The number of amides is 3. The molecule has 41 heavy (non-hydrogen) atoms. The van der Waals surface area contributed by atoms with Crippen molar-refractivity contribution >= 4 is 63.2 Å². The minimum atomic E-state index is -0.336. The van der Waals surface area contributed by atoms with Crippen LogP contribution in [0.5, 0.6) is 0 Å². The Hall–Kier alpha value is -3.45. The number of urea groups is 1. The number of carbonyl (C=O) groups is 2. The summed E-state index contributed by atoms with van der Waals surface area (Å²) < 4.78 is 0. The van der Waals surface area contributed by atoms with Gasteiger partial charge in [-0.05, 0) is 68.0 Å². The van der Waals surface area contributed by atoms with Crippen LogP contribution < -0.4 is 15.5 Å². The van der Waals surface area contributed by atoms with Crippen molar-refractivity contribution in [2.45, 2.75) is 65.4 Å². The number of nitrogens with zero attached hydrogens (tertiary/aromatic N) is 2. The molecule has 2 aromatic carbocycles. The Morgan fingerprint density at radius 2 is 1.93 bits per heavy atom. The van der Waals surface area contributed by atoms with Crippen LogP contribution in [0.2, 0.25) is 0 Å². The van der Waals surface area contributed by atoms with Gasteiger partial charge in [-0.1, -0.05) is 49.4 Å². The molecule has 3 unspecified atom stereocenters. The topological polar surface area (TPSA) is 85.2 Å². The molecule has 2 aliphatic carbocycles. The van der Waals surface area contributed by atoms with Crippen molar-refractivity contribution in [2.75, 3.05) is 15.5 Å². The van der Waals surface area contributed by atoms with E-state index in [1.165, 1.54) is 16.6 Å². The lowest BCUT2D eigenvalue weighted by Gasteiger charge is -2.40. The molecule has 0 saturated heterocycles. The zero-order valence-electron chi connectivity index (χ0n) is 22.6. The van der Waals surface area contributed by atoms with Gasteiger partial charge in [-0.3, -0.25) is 9.69 Å². The predicted octanol–water partition coefficient (Wildman–Crippen LogP) is 8.02. The van der Waals surface area contributed by atoms with Crippen molar-refractivity contribution in [2.24, 2.45) is 0 Å². The molecule has 0 bridgehead atoms. The largest absolute Gasteiger partial charge is 0.326 e. The number of fused-ring (bicyclic) bond motifs is 3. The molecule has 0 fully saturated rings. The number of thiophene rings is 1. The zero-order chi connectivity index (χ0) is 28.3. The number of benzene rings is 2. The van der Waals surface area contributed by atoms with Gasteiger partial charge < -0.3 is 10.6 Å². The average molecular weight is 599 g/mol. The Morgan fingerprint density at radius 1 is 1.10 bits per heavy atom.